The molecule has 1 fully saturated rings. The highest BCUT2D eigenvalue weighted by atomic mass is 32.1. The van der Waals surface area contributed by atoms with Crippen LogP contribution in [0.25, 0.3) is 6.08 Å². The monoisotopic (exact) mass is 275 g/mol. The van der Waals surface area contributed by atoms with E-state index in [1.165, 1.54) is 24.3 Å². The fourth-order valence-electron chi connectivity index (χ4n) is 1.63. The van der Waals surface area contributed by atoms with Gasteiger partial charge in [0.15, 0.2) is 5.78 Å². The minimum atomic E-state index is -0.514. The van der Waals surface area contributed by atoms with Crippen molar-refractivity contribution in [2.45, 2.75) is 6.42 Å². The van der Waals surface area contributed by atoms with Gasteiger partial charge in [-0.1, -0.05) is 42.6 Å². The van der Waals surface area contributed by atoms with Gasteiger partial charge in [-0.3, -0.25) is 9.59 Å². The van der Waals surface area contributed by atoms with Gasteiger partial charge in [-0.2, -0.15) is 0 Å². The Hall–Kier alpha value is -2.14. The van der Waals surface area contributed by atoms with Crippen LogP contribution < -0.4 is 5.32 Å². The molecule has 1 aliphatic heterocycles. The van der Waals surface area contributed by atoms with E-state index in [1.807, 2.05) is 0 Å². The van der Waals surface area contributed by atoms with Gasteiger partial charge >= 0.3 is 0 Å². The molecule has 0 unspecified atom stereocenters. The van der Waals surface area contributed by atoms with Gasteiger partial charge in [0.25, 0.3) is 5.91 Å². The Balaban J connectivity index is 2.18. The molecule has 3 nitrogen and oxygen atoms in total. The summed E-state index contributed by atoms with van der Waals surface area (Å²) < 4.78 is 13.3. The Morgan fingerprint density at radius 3 is 2.68 bits per heavy atom. The number of benzene rings is 1. The van der Waals surface area contributed by atoms with Crippen molar-refractivity contribution in [3.8, 4) is 0 Å². The number of hydrogen-bond acceptors (Lipinski definition) is 3. The van der Waals surface area contributed by atoms with Crippen LogP contribution in [0.1, 0.15) is 12.0 Å². The minimum absolute atomic E-state index is 0.0282. The van der Waals surface area contributed by atoms with Crippen LogP contribution in [0.5, 0.6) is 0 Å². The van der Waals surface area contributed by atoms with Gasteiger partial charge in [0.1, 0.15) is 5.82 Å². The molecule has 1 N–H and O–H groups in total. The molecule has 0 radical (unpaired) electrons. The lowest BCUT2D eigenvalue weighted by molar-refractivity contribution is -0.122. The number of rotatable bonds is 2. The summed E-state index contributed by atoms with van der Waals surface area (Å²) in [6.07, 6.45) is 4.36. The van der Waals surface area contributed by atoms with Gasteiger partial charge in [-0.25, -0.2) is 4.39 Å². The number of amides is 1. The van der Waals surface area contributed by atoms with Gasteiger partial charge in [-0.05, 0) is 12.1 Å². The summed E-state index contributed by atoms with van der Waals surface area (Å²) in [5, 5.41) is 2.42. The molecule has 1 amide bonds. The molecule has 1 heterocycles. The number of ketones is 1. The number of thiocarbonyl (C=S) groups is 1. The zero-order chi connectivity index (χ0) is 13.8. The summed E-state index contributed by atoms with van der Waals surface area (Å²) in [5.41, 5.74) is 0.416. The number of halogens is 1. The van der Waals surface area contributed by atoms with E-state index in [4.69, 9.17) is 12.2 Å². The number of hydrogen-bond donors (Lipinski definition) is 1. The SMILES string of the molecule is O=C1CC(=S)NC(=O)/C1=C/C=C/c1ccccc1F. The Morgan fingerprint density at radius 2 is 2.00 bits per heavy atom. The molecular weight excluding hydrogens is 265 g/mol. The fourth-order valence-corrected chi connectivity index (χ4v) is 1.86. The van der Waals surface area contributed by atoms with E-state index >= 15 is 0 Å². The van der Waals surface area contributed by atoms with E-state index in [0.717, 1.165) is 0 Å². The largest absolute Gasteiger partial charge is 0.316 e. The fraction of sp³-hybridized carbons (Fsp3) is 0.0714. The van der Waals surface area contributed by atoms with E-state index in [-0.39, 0.29) is 28.6 Å². The minimum Gasteiger partial charge on any atom is -0.316 e. The second kappa shape index (κ2) is 5.67. The standard InChI is InChI=1S/C14H10FNO2S/c15-11-7-2-1-4-9(11)5-3-6-10-12(17)8-13(19)16-14(10)18/h1-7H,8H2,(H,16,18,19)/b5-3+,10-6+. The van der Waals surface area contributed by atoms with Crippen molar-refractivity contribution in [2.24, 2.45) is 0 Å². The van der Waals surface area contributed by atoms with Crippen LogP contribution in [0, 0.1) is 5.82 Å². The number of piperidine rings is 1. The zero-order valence-corrected chi connectivity index (χ0v) is 10.7. The highest BCUT2D eigenvalue weighted by Crippen LogP contribution is 2.11. The number of nitrogens with one attached hydrogen (secondary N) is 1. The van der Waals surface area contributed by atoms with Crippen LogP contribution in [0.15, 0.2) is 42.0 Å². The van der Waals surface area contributed by atoms with Gasteiger partial charge in [-0.15, -0.1) is 0 Å². The summed E-state index contributed by atoms with van der Waals surface area (Å²) >= 11 is 4.77. The predicted molar refractivity (Wildman–Crippen MR) is 73.9 cm³/mol. The second-order valence-corrected chi connectivity index (χ2v) is 4.43. The maximum Gasteiger partial charge on any atom is 0.259 e. The van der Waals surface area contributed by atoms with E-state index in [1.54, 1.807) is 18.2 Å². The molecule has 5 heteroatoms. The number of allylic oxidation sites excluding steroid dienone is 2. The topological polar surface area (TPSA) is 46.2 Å². The van der Waals surface area contributed by atoms with Crippen LogP contribution in [-0.4, -0.2) is 16.7 Å². The second-order valence-electron chi connectivity index (χ2n) is 3.94. The number of carbonyl (C=O) groups is 2. The third kappa shape index (κ3) is 3.20. The first-order chi connectivity index (χ1) is 9.08. The molecule has 1 aliphatic rings. The summed E-state index contributed by atoms with van der Waals surface area (Å²) in [6.45, 7) is 0. The van der Waals surface area contributed by atoms with Crippen LogP contribution in [0.4, 0.5) is 4.39 Å². The first kappa shape index (κ1) is 13.3. The Labute approximate surface area is 114 Å². The van der Waals surface area contributed by atoms with Crippen molar-refractivity contribution in [1.29, 1.82) is 0 Å². The Kier molecular flexibility index (Phi) is 3.97. The van der Waals surface area contributed by atoms with E-state index < -0.39 is 5.91 Å². The molecule has 0 aromatic heterocycles. The van der Waals surface area contributed by atoms with Crippen molar-refractivity contribution in [1.82, 2.24) is 5.32 Å². The first-order valence-corrected chi connectivity index (χ1v) is 5.99. The molecule has 1 saturated heterocycles. The summed E-state index contributed by atoms with van der Waals surface area (Å²) in [6, 6.07) is 6.23. The molecule has 2 rings (SSSR count). The maximum absolute atomic E-state index is 13.3. The molecule has 0 spiro atoms. The molecule has 96 valence electrons. The number of carbonyl (C=O) groups excluding carboxylic acids is 2. The quantitative estimate of drug-likeness (QED) is 0.511. The molecule has 0 saturated carbocycles. The molecule has 19 heavy (non-hydrogen) atoms. The lowest BCUT2D eigenvalue weighted by Crippen LogP contribution is -2.39. The normalized spacial score (nSPS) is 18.2. The Morgan fingerprint density at radius 1 is 1.26 bits per heavy atom. The summed E-state index contributed by atoms with van der Waals surface area (Å²) in [5.74, 6) is -1.20. The highest BCUT2D eigenvalue weighted by Gasteiger charge is 2.25. The lowest BCUT2D eigenvalue weighted by atomic mass is 10.0. The van der Waals surface area contributed by atoms with Gasteiger partial charge < -0.3 is 5.32 Å². The third-order valence-corrected chi connectivity index (χ3v) is 2.81. The summed E-state index contributed by atoms with van der Waals surface area (Å²) in [4.78, 5) is 23.4. The molecule has 1 aromatic carbocycles. The summed E-state index contributed by atoms with van der Waals surface area (Å²) in [7, 11) is 0. The highest BCUT2D eigenvalue weighted by molar-refractivity contribution is 7.80. The predicted octanol–water partition coefficient (Wildman–Crippen LogP) is 2.18. The Bertz CT molecular complexity index is 598. The van der Waals surface area contributed by atoms with Gasteiger partial charge in [0.2, 0.25) is 0 Å². The average Bonchev–Trinajstić information content (AvgIpc) is 2.34. The van der Waals surface area contributed by atoms with Crippen molar-refractivity contribution in [3.63, 3.8) is 0 Å². The van der Waals surface area contributed by atoms with Crippen LogP contribution >= 0.6 is 12.2 Å². The van der Waals surface area contributed by atoms with Crippen LogP contribution in [0.3, 0.4) is 0 Å². The van der Waals surface area contributed by atoms with E-state index in [2.05, 4.69) is 5.32 Å². The van der Waals surface area contributed by atoms with Crippen molar-refractivity contribution in [2.75, 3.05) is 0 Å². The van der Waals surface area contributed by atoms with E-state index in [0.29, 0.717) is 5.56 Å². The van der Waals surface area contributed by atoms with Crippen molar-refractivity contribution in [3.05, 3.63) is 53.4 Å². The number of Topliss-reactive ketones (excluding diaryl/α,β-unsaturated/α-hetero) is 1. The van der Waals surface area contributed by atoms with Crippen molar-refractivity contribution >= 4 is 35.0 Å². The molecule has 0 bridgehead atoms. The molecule has 1 aromatic rings. The first-order valence-electron chi connectivity index (χ1n) is 5.58. The molecular formula is C14H10FNO2S. The van der Waals surface area contributed by atoms with Crippen molar-refractivity contribution < 1.29 is 14.0 Å². The average molecular weight is 275 g/mol. The zero-order valence-electron chi connectivity index (χ0n) is 9.85. The van der Waals surface area contributed by atoms with E-state index in [9.17, 15) is 14.0 Å². The van der Waals surface area contributed by atoms with Gasteiger partial charge in [0.05, 0.1) is 17.0 Å². The molecule has 0 atom stereocenters. The molecule has 0 aliphatic carbocycles. The smallest absolute Gasteiger partial charge is 0.259 e. The maximum atomic E-state index is 13.3. The van der Waals surface area contributed by atoms with Gasteiger partial charge in [0, 0.05) is 5.56 Å². The van der Waals surface area contributed by atoms with Crippen LogP contribution in [0.2, 0.25) is 0 Å². The van der Waals surface area contributed by atoms with Crippen LogP contribution in [-0.2, 0) is 9.59 Å². The third-order valence-electron chi connectivity index (χ3n) is 2.56. The lowest BCUT2D eigenvalue weighted by Gasteiger charge is -2.13.